The lowest BCUT2D eigenvalue weighted by molar-refractivity contribution is -0.144. The van der Waals surface area contributed by atoms with Gasteiger partial charge in [-0.3, -0.25) is 9.59 Å². The van der Waals surface area contributed by atoms with Crippen molar-refractivity contribution in [3.05, 3.63) is 35.9 Å². The summed E-state index contributed by atoms with van der Waals surface area (Å²) in [7, 11) is 0. The lowest BCUT2D eigenvalue weighted by Crippen LogP contribution is -2.27. The number of carbonyl (C=O) groups is 2. The maximum absolute atomic E-state index is 11.8. The Bertz CT molecular complexity index is 642. The number of carboxylic acid groups (broad SMARTS) is 1. The van der Waals surface area contributed by atoms with Gasteiger partial charge < -0.3 is 10.4 Å². The number of rotatable bonds is 4. The minimum absolute atomic E-state index is 0.362. The lowest BCUT2D eigenvalue weighted by Gasteiger charge is -2.13. The summed E-state index contributed by atoms with van der Waals surface area (Å²) in [6, 6.07) is 4.80. The van der Waals surface area contributed by atoms with E-state index in [2.05, 4.69) is 15.4 Å². The summed E-state index contributed by atoms with van der Waals surface area (Å²) >= 11 is 5.89. The molecule has 8 heteroatoms. The Balaban J connectivity index is 2.34. The van der Waals surface area contributed by atoms with E-state index in [1.807, 2.05) is 0 Å². The van der Waals surface area contributed by atoms with Gasteiger partial charge in [0.1, 0.15) is 18.6 Å². The topological polar surface area (TPSA) is 97.1 Å². The summed E-state index contributed by atoms with van der Waals surface area (Å²) in [5.74, 6) is -3.01. The molecular formula is C12H11ClN4O3. The molecule has 0 fully saturated rings. The maximum atomic E-state index is 11.8. The molecule has 1 aromatic heterocycles. The molecule has 0 radical (unpaired) electrons. The molecule has 20 heavy (non-hydrogen) atoms. The Labute approximate surface area is 119 Å². The van der Waals surface area contributed by atoms with Gasteiger partial charge in [-0.15, -0.1) is 0 Å². The van der Waals surface area contributed by atoms with Crippen LogP contribution in [0, 0.1) is 5.92 Å². The van der Waals surface area contributed by atoms with E-state index in [0.717, 1.165) is 0 Å². The number of hydrogen-bond donors (Lipinski definition) is 2. The third-order valence-corrected chi connectivity index (χ3v) is 2.88. The van der Waals surface area contributed by atoms with Gasteiger partial charge in [-0.05, 0) is 25.1 Å². The quantitative estimate of drug-likeness (QED) is 0.834. The second-order valence-electron chi connectivity index (χ2n) is 4.05. The summed E-state index contributed by atoms with van der Waals surface area (Å²) < 4.78 is 1.44. The standard InChI is InChI=1S/C12H11ClN4O3/c1-7(12(19)20)11(18)16-9-4-8(13)2-3-10(9)17-6-14-5-15-17/h2-7H,1H3,(H,16,18)(H,19,20). The van der Waals surface area contributed by atoms with E-state index in [1.165, 1.54) is 30.3 Å². The van der Waals surface area contributed by atoms with E-state index in [1.54, 1.807) is 12.1 Å². The number of anilines is 1. The van der Waals surface area contributed by atoms with Crippen molar-refractivity contribution in [1.29, 1.82) is 0 Å². The van der Waals surface area contributed by atoms with E-state index in [-0.39, 0.29) is 0 Å². The Hall–Kier alpha value is -2.41. The lowest BCUT2D eigenvalue weighted by atomic mass is 10.1. The first kappa shape index (κ1) is 14.0. The van der Waals surface area contributed by atoms with Crippen LogP contribution in [0.5, 0.6) is 0 Å². The molecular weight excluding hydrogens is 284 g/mol. The molecule has 2 rings (SSSR count). The van der Waals surface area contributed by atoms with Crippen molar-refractivity contribution in [2.75, 3.05) is 5.32 Å². The first-order valence-corrected chi connectivity index (χ1v) is 6.05. The average Bonchev–Trinajstić information content (AvgIpc) is 2.91. The van der Waals surface area contributed by atoms with E-state index >= 15 is 0 Å². The van der Waals surface area contributed by atoms with Crippen molar-refractivity contribution in [3.8, 4) is 5.69 Å². The number of amides is 1. The van der Waals surface area contributed by atoms with Crippen LogP contribution < -0.4 is 5.32 Å². The minimum atomic E-state index is -1.20. The predicted molar refractivity (Wildman–Crippen MR) is 71.8 cm³/mol. The molecule has 1 amide bonds. The van der Waals surface area contributed by atoms with E-state index in [0.29, 0.717) is 16.4 Å². The van der Waals surface area contributed by atoms with E-state index < -0.39 is 17.8 Å². The highest BCUT2D eigenvalue weighted by atomic mass is 35.5. The smallest absolute Gasteiger partial charge is 0.315 e. The highest BCUT2D eigenvalue weighted by Gasteiger charge is 2.21. The Morgan fingerprint density at radius 3 is 2.80 bits per heavy atom. The van der Waals surface area contributed by atoms with E-state index in [9.17, 15) is 9.59 Å². The number of carbonyl (C=O) groups excluding carboxylic acids is 1. The van der Waals surface area contributed by atoms with Gasteiger partial charge in [0.15, 0.2) is 0 Å². The SMILES string of the molecule is CC(C(=O)O)C(=O)Nc1cc(Cl)ccc1-n1cncn1. The zero-order valence-electron chi connectivity index (χ0n) is 10.4. The van der Waals surface area contributed by atoms with Crippen molar-refractivity contribution in [2.24, 2.45) is 5.92 Å². The molecule has 2 aromatic rings. The van der Waals surface area contributed by atoms with Gasteiger partial charge >= 0.3 is 5.97 Å². The second-order valence-corrected chi connectivity index (χ2v) is 4.49. The molecule has 104 valence electrons. The molecule has 7 nitrogen and oxygen atoms in total. The fourth-order valence-corrected chi connectivity index (χ4v) is 1.67. The largest absolute Gasteiger partial charge is 0.481 e. The zero-order chi connectivity index (χ0) is 14.7. The highest BCUT2D eigenvalue weighted by molar-refractivity contribution is 6.31. The van der Waals surface area contributed by atoms with Crippen LogP contribution in [-0.2, 0) is 9.59 Å². The Morgan fingerprint density at radius 2 is 2.20 bits per heavy atom. The van der Waals surface area contributed by atoms with Crippen LogP contribution in [0.15, 0.2) is 30.9 Å². The van der Waals surface area contributed by atoms with Crippen LogP contribution in [0.4, 0.5) is 5.69 Å². The maximum Gasteiger partial charge on any atom is 0.315 e. The van der Waals surface area contributed by atoms with Crippen molar-refractivity contribution in [3.63, 3.8) is 0 Å². The van der Waals surface area contributed by atoms with Crippen LogP contribution in [0.2, 0.25) is 5.02 Å². The van der Waals surface area contributed by atoms with Crippen LogP contribution in [0.3, 0.4) is 0 Å². The number of aromatic nitrogens is 3. The van der Waals surface area contributed by atoms with Crippen molar-refractivity contribution >= 4 is 29.2 Å². The monoisotopic (exact) mass is 294 g/mol. The molecule has 0 aliphatic rings. The van der Waals surface area contributed by atoms with Gasteiger partial charge in [-0.2, -0.15) is 5.10 Å². The van der Waals surface area contributed by atoms with Gasteiger partial charge in [0, 0.05) is 5.02 Å². The van der Waals surface area contributed by atoms with Gasteiger partial charge in [0.25, 0.3) is 0 Å². The van der Waals surface area contributed by atoms with Crippen LogP contribution in [0.1, 0.15) is 6.92 Å². The molecule has 1 aromatic carbocycles. The second kappa shape index (κ2) is 5.70. The highest BCUT2D eigenvalue weighted by Crippen LogP contribution is 2.24. The number of aliphatic carboxylic acids is 1. The molecule has 1 atom stereocenters. The van der Waals surface area contributed by atoms with E-state index in [4.69, 9.17) is 16.7 Å². The number of nitrogens with one attached hydrogen (secondary N) is 1. The molecule has 0 aliphatic heterocycles. The number of carboxylic acids is 1. The minimum Gasteiger partial charge on any atom is -0.481 e. The number of benzene rings is 1. The van der Waals surface area contributed by atoms with Crippen molar-refractivity contribution < 1.29 is 14.7 Å². The van der Waals surface area contributed by atoms with Gasteiger partial charge in [0.05, 0.1) is 11.4 Å². The summed E-state index contributed by atoms with van der Waals surface area (Å²) in [5, 5.41) is 15.7. The average molecular weight is 295 g/mol. The number of halogens is 1. The first-order valence-electron chi connectivity index (χ1n) is 5.67. The zero-order valence-corrected chi connectivity index (χ0v) is 11.2. The predicted octanol–water partition coefficient (Wildman–Crippen LogP) is 1.58. The third-order valence-electron chi connectivity index (χ3n) is 2.65. The van der Waals surface area contributed by atoms with Crippen molar-refractivity contribution in [1.82, 2.24) is 14.8 Å². The summed E-state index contributed by atoms with van der Waals surface area (Å²) in [6.07, 6.45) is 2.81. The molecule has 1 unspecified atom stereocenters. The van der Waals surface area contributed by atoms with Gasteiger partial charge in [-0.1, -0.05) is 11.6 Å². The van der Waals surface area contributed by atoms with Gasteiger partial charge in [-0.25, -0.2) is 9.67 Å². The normalized spacial score (nSPS) is 11.9. The number of nitrogens with zero attached hydrogens (tertiary/aromatic N) is 3. The molecule has 0 saturated heterocycles. The van der Waals surface area contributed by atoms with Crippen LogP contribution in [0.25, 0.3) is 5.69 Å². The Morgan fingerprint density at radius 1 is 1.45 bits per heavy atom. The molecule has 2 N–H and O–H groups in total. The molecule has 0 aliphatic carbocycles. The fourth-order valence-electron chi connectivity index (χ4n) is 1.49. The summed E-state index contributed by atoms with van der Waals surface area (Å²) in [4.78, 5) is 26.4. The van der Waals surface area contributed by atoms with Gasteiger partial charge in [0.2, 0.25) is 5.91 Å². The first-order chi connectivity index (χ1) is 9.49. The van der Waals surface area contributed by atoms with Crippen molar-refractivity contribution in [2.45, 2.75) is 6.92 Å². The summed E-state index contributed by atoms with van der Waals surface area (Å²) in [5.41, 5.74) is 0.902. The fraction of sp³-hybridized carbons (Fsp3) is 0.167. The number of hydrogen-bond acceptors (Lipinski definition) is 4. The molecule has 0 bridgehead atoms. The molecule has 0 spiro atoms. The Kier molecular flexibility index (Phi) is 3.99. The molecule has 0 saturated carbocycles. The van der Waals surface area contributed by atoms with Crippen LogP contribution >= 0.6 is 11.6 Å². The summed E-state index contributed by atoms with van der Waals surface area (Å²) in [6.45, 7) is 1.30. The molecule has 1 heterocycles. The van der Waals surface area contributed by atoms with Crippen LogP contribution in [-0.4, -0.2) is 31.7 Å². The third kappa shape index (κ3) is 2.94.